The standard InChI is InChI=1S/C14H15BrN4O/c15-13-4-2-1-3-11(13)5-6-14(20)18-9-12(10-18)19-8-7-16-17-19/h1-4,7-8,12H,5-6,9-10H2. The van der Waals surface area contributed by atoms with E-state index < -0.39 is 0 Å². The molecule has 0 aliphatic carbocycles. The lowest BCUT2D eigenvalue weighted by Crippen LogP contribution is -2.50. The van der Waals surface area contributed by atoms with Crippen molar-refractivity contribution in [3.05, 3.63) is 46.7 Å². The Balaban J connectivity index is 1.48. The van der Waals surface area contributed by atoms with Crippen LogP contribution in [0.4, 0.5) is 0 Å². The van der Waals surface area contributed by atoms with Crippen LogP contribution < -0.4 is 0 Å². The van der Waals surface area contributed by atoms with Crippen LogP contribution in [0.25, 0.3) is 0 Å². The molecule has 3 rings (SSSR count). The quantitative estimate of drug-likeness (QED) is 0.859. The van der Waals surface area contributed by atoms with Crippen molar-refractivity contribution in [1.82, 2.24) is 19.9 Å². The van der Waals surface area contributed by atoms with E-state index in [9.17, 15) is 4.79 Å². The highest BCUT2D eigenvalue weighted by atomic mass is 79.9. The number of carbonyl (C=O) groups excluding carboxylic acids is 1. The summed E-state index contributed by atoms with van der Waals surface area (Å²) in [5.41, 5.74) is 1.18. The zero-order valence-electron chi connectivity index (χ0n) is 10.9. The molecule has 0 radical (unpaired) electrons. The third-order valence-electron chi connectivity index (χ3n) is 3.60. The number of likely N-dealkylation sites (tertiary alicyclic amines) is 1. The second-order valence-electron chi connectivity index (χ2n) is 4.93. The first-order chi connectivity index (χ1) is 9.74. The molecule has 20 heavy (non-hydrogen) atoms. The van der Waals surface area contributed by atoms with Gasteiger partial charge in [0.05, 0.1) is 12.2 Å². The van der Waals surface area contributed by atoms with E-state index in [1.165, 1.54) is 5.56 Å². The lowest BCUT2D eigenvalue weighted by Gasteiger charge is -2.39. The fourth-order valence-electron chi connectivity index (χ4n) is 2.34. The Labute approximate surface area is 125 Å². The molecule has 2 aromatic rings. The van der Waals surface area contributed by atoms with Gasteiger partial charge < -0.3 is 4.90 Å². The van der Waals surface area contributed by atoms with Crippen LogP contribution in [-0.2, 0) is 11.2 Å². The van der Waals surface area contributed by atoms with Crippen LogP contribution in [-0.4, -0.2) is 38.9 Å². The molecule has 1 aromatic carbocycles. The van der Waals surface area contributed by atoms with Crippen LogP contribution in [0.3, 0.4) is 0 Å². The lowest BCUT2D eigenvalue weighted by molar-refractivity contribution is -0.137. The summed E-state index contributed by atoms with van der Waals surface area (Å²) in [5, 5.41) is 7.74. The minimum absolute atomic E-state index is 0.206. The summed E-state index contributed by atoms with van der Waals surface area (Å²) in [6, 6.07) is 8.31. The van der Waals surface area contributed by atoms with Gasteiger partial charge in [-0.05, 0) is 18.1 Å². The summed E-state index contributed by atoms with van der Waals surface area (Å²) in [4.78, 5) is 14.0. The fraction of sp³-hybridized carbons (Fsp3) is 0.357. The minimum atomic E-state index is 0.206. The first-order valence-corrected chi connectivity index (χ1v) is 7.40. The smallest absolute Gasteiger partial charge is 0.223 e. The molecule has 5 nitrogen and oxygen atoms in total. The van der Waals surface area contributed by atoms with Crippen molar-refractivity contribution in [3.63, 3.8) is 0 Å². The van der Waals surface area contributed by atoms with Crippen molar-refractivity contribution in [2.45, 2.75) is 18.9 Å². The molecule has 0 spiro atoms. The normalized spacial score (nSPS) is 15.2. The summed E-state index contributed by atoms with van der Waals surface area (Å²) in [6.45, 7) is 1.47. The maximum atomic E-state index is 12.1. The Morgan fingerprint density at radius 1 is 1.35 bits per heavy atom. The van der Waals surface area contributed by atoms with E-state index in [0.29, 0.717) is 6.42 Å². The molecule has 0 bridgehead atoms. The Bertz CT molecular complexity index is 593. The maximum absolute atomic E-state index is 12.1. The van der Waals surface area contributed by atoms with Gasteiger partial charge in [-0.25, -0.2) is 4.68 Å². The van der Waals surface area contributed by atoms with E-state index in [-0.39, 0.29) is 11.9 Å². The SMILES string of the molecule is O=C(CCc1ccccc1Br)N1CC(n2ccnn2)C1. The van der Waals surface area contributed by atoms with Crippen molar-refractivity contribution in [1.29, 1.82) is 0 Å². The molecule has 1 aliphatic rings. The summed E-state index contributed by atoms with van der Waals surface area (Å²) in [5.74, 6) is 0.206. The second-order valence-corrected chi connectivity index (χ2v) is 5.78. The van der Waals surface area contributed by atoms with E-state index in [2.05, 4.69) is 26.2 Å². The number of carbonyl (C=O) groups is 1. The van der Waals surface area contributed by atoms with Gasteiger partial charge >= 0.3 is 0 Å². The van der Waals surface area contributed by atoms with Crippen LogP contribution in [0.15, 0.2) is 41.1 Å². The van der Waals surface area contributed by atoms with E-state index >= 15 is 0 Å². The minimum Gasteiger partial charge on any atom is -0.338 e. The monoisotopic (exact) mass is 334 g/mol. The zero-order chi connectivity index (χ0) is 13.9. The van der Waals surface area contributed by atoms with Crippen molar-refractivity contribution in [2.75, 3.05) is 13.1 Å². The predicted octanol–water partition coefficient (Wildman–Crippen LogP) is 2.06. The molecular weight excluding hydrogens is 320 g/mol. The van der Waals surface area contributed by atoms with Crippen molar-refractivity contribution in [3.8, 4) is 0 Å². The number of hydrogen-bond acceptors (Lipinski definition) is 3. The topological polar surface area (TPSA) is 51.0 Å². The van der Waals surface area contributed by atoms with Gasteiger partial charge in [-0.15, -0.1) is 5.10 Å². The van der Waals surface area contributed by atoms with Crippen LogP contribution in [0.2, 0.25) is 0 Å². The average Bonchev–Trinajstić information content (AvgIpc) is 2.90. The Hall–Kier alpha value is -1.69. The number of hydrogen-bond donors (Lipinski definition) is 0. The third-order valence-corrected chi connectivity index (χ3v) is 4.37. The van der Waals surface area contributed by atoms with E-state index in [4.69, 9.17) is 0 Å². The fourth-order valence-corrected chi connectivity index (χ4v) is 2.82. The number of aromatic nitrogens is 3. The van der Waals surface area contributed by atoms with Crippen LogP contribution >= 0.6 is 15.9 Å². The molecule has 104 valence electrons. The molecule has 0 unspecified atom stereocenters. The second kappa shape index (κ2) is 5.75. The molecule has 0 atom stereocenters. The molecule has 1 aliphatic heterocycles. The van der Waals surface area contributed by atoms with Crippen LogP contribution in [0.5, 0.6) is 0 Å². The van der Waals surface area contributed by atoms with E-state index in [1.807, 2.05) is 40.0 Å². The highest BCUT2D eigenvalue weighted by Crippen LogP contribution is 2.22. The summed E-state index contributed by atoms with van der Waals surface area (Å²) < 4.78 is 2.88. The molecule has 6 heteroatoms. The van der Waals surface area contributed by atoms with Crippen molar-refractivity contribution in [2.24, 2.45) is 0 Å². The largest absolute Gasteiger partial charge is 0.338 e. The number of rotatable bonds is 4. The summed E-state index contributed by atoms with van der Waals surface area (Å²) >= 11 is 3.51. The highest BCUT2D eigenvalue weighted by molar-refractivity contribution is 9.10. The van der Waals surface area contributed by atoms with Crippen LogP contribution in [0.1, 0.15) is 18.0 Å². The van der Waals surface area contributed by atoms with Gasteiger partial charge in [0.2, 0.25) is 5.91 Å². The average molecular weight is 335 g/mol. The first kappa shape index (κ1) is 13.3. The van der Waals surface area contributed by atoms with E-state index in [1.54, 1.807) is 6.20 Å². The first-order valence-electron chi connectivity index (χ1n) is 6.61. The van der Waals surface area contributed by atoms with Gasteiger partial charge in [0.1, 0.15) is 0 Å². The molecule has 1 aromatic heterocycles. The Morgan fingerprint density at radius 2 is 2.15 bits per heavy atom. The molecule has 2 heterocycles. The molecule has 0 saturated carbocycles. The van der Waals surface area contributed by atoms with Gasteiger partial charge in [-0.2, -0.15) is 0 Å². The van der Waals surface area contributed by atoms with Gasteiger partial charge in [0.15, 0.2) is 0 Å². The molecule has 1 saturated heterocycles. The molecule has 1 amide bonds. The third kappa shape index (κ3) is 2.75. The van der Waals surface area contributed by atoms with Crippen molar-refractivity contribution < 1.29 is 4.79 Å². The molecular formula is C14H15BrN4O. The summed E-state index contributed by atoms with van der Waals surface area (Å²) in [7, 11) is 0. The van der Waals surface area contributed by atoms with Gasteiger partial charge in [0, 0.05) is 30.2 Å². The zero-order valence-corrected chi connectivity index (χ0v) is 12.5. The van der Waals surface area contributed by atoms with E-state index in [0.717, 1.165) is 24.0 Å². The Morgan fingerprint density at radius 3 is 2.85 bits per heavy atom. The highest BCUT2D eigenvalue weighted by Gasteiger charge is 2.31. The summed E-state index contributed by atoms with van der Waals surface area (Å²) in [6.07, 6.45) is 4.82. The number of halogens is 1. The Kier molecular flexibility index (Phi) is 3.82. The van der Waals surface area contributed by atoms with Gasteiger partial charge in [-0.1, -0.05) is 39.3 Å². The predicted molar refractivity (Wildman–Crippen MR) is 78.1 cm³/mol. The number of aryl methyl sites for hydroxylation is 1. The number of nitrogens with zero attached hydrogens (tertiary/aromatic N) is 4. The molecule has 0 N–H and O–H groups in total. The van der Waals surface area contributed by atoms with Gasteiger partial charge in [0.25, 0.3) is 0 Å². The lowest BCUT2D eigenvalue weighted by atomic mass is 10.1. The number of amides is 1. The molecule has 1 fully saturated rings. The number of benzene rings is 1. The van der Waals surface area contributed by atoms with Crippen LogP contribution in [0, 0.1) is 0 Å². The van der Waals surface area contributed by atoms with Gasteiger partial charge in [-0.3, -0.25) is 4.79 Å². The maximum Gasteiger partial charge on any atom is 0.223 e. The van der Waals surface area contributed by atoms with Crippen molar-refractivity contribution >= 4 is 21.8 Å².